The number of hydrogen-bond donors (Lipinski definition) is 1. The Morgan fingerprint density at radius 3 is 2.43 bits per heavy atom. The summed E-state index contributed by atoms with van der Waals surface area (Å²) in [5, 5.41) is 0. The average molecular weight is 193 g/mol. The molecule has 0 saturated heterocycles. The molecule has 0 radical (unpaired) electrons. The van der Waals surface area contributed by atoms with Gasteiger partial charge in [0.1, 0.15) is 0 Å². The van der Waals surface area contributed by atoms with Gasteiger partial charge in [-0.3, -0.25) is 4.79 Å². The highest BCUT2D eigenvalue weighted by atomic mass is 16.1. The Morgan fingerprint density at radius 2 is 2.00 bits per heavy atom. The lowest BCUT2D eigenvalue weighted by atomic mass is 9.92. The quantitative estimate of drug-likeness (QED) is 0.690. The summed E-state index contributed by atoms with van der Waals surface area (Å²) in [5.74, 6) is 0.488. The maximum absolute atomic E-state index is 12.0. The summed E-state index contributed by atoms with van der Waals surface area (Å²) in [6.45, 7) is 4.26. The summed E-state index contributed by atoms with van der Waals surface area (Å²) in [7, 11) is 0. The minimum atomic E-state index is 0.212. The van der Waals surface area contributed by atoms with Crippen LogP contribution in [-0.4, -0.2) is 10.8 Å². The molecule has 2 heteroatoms. The van der Waals surface area contributed by atoms with Crippen LogP contribution in [0.3, 0.4) is 0 Å². The van der Waals surface area contributed by atoms with Crippen LogP contribution in [0.1, 0.15) is 50.0 Å². The molecular weight excluding hydrogens is 174 g/mol. The van der Waals surface area contributed by atoms with Gasteiger partial charge in [0.05, 0.1) is 5.69 Å². The molecule has 0 unspecified atom stereocenters. The molecular formula is C12H19NO. The van der Waals surface area contributed by atoms with E-state index in [1.54, 1.807) is 0 Å². The number of H-pyrrole nitrogens is 1. The lowest BCUT2D eigenvalue weighted by Gasteiger charge is -2.12. The Bertz CT molecular complexity index is 258. The maximum atomic E-state index is 12.0. The van der Waals surface area contributed by atoms with E-state index in [4.69, 9.17) is 0 Å². The average Bonchev–Trinajstić information content (AvgIpc) is 2.69. The van der Waals surface area contributed by atoms with Crippen LogP contribution in [0, 0.1) is 5.92 Å². The van der Waals surface area contributed by atoms with Crippen molar-refractivity contribution in [1.29, 1.82) is 0 Å². The molecule has 1 N–H and O–H groups in total. The van der Waals surface area contributed by atoms with Crippen molar-refractivity contribution in [3.63, 3.8) is 0 Å². The van der Waals surface area contributed by atoms with E-state index in [2.05, 4.69) is 18.8 Å². The van der Waals surface area contributed by atoms with E-state index in [-0.39, 0.29) is 11.7 Å². The molecule has 0 spiro atoms. The van der Waals surface area contributed by atoms with Crippen LogP contribution in [0.2, 0.25) is 0 Å². The normalized spacial score (nSPS) is 10.8. The van der Waals surface area contributed by atoms with Crippen LogP contribution < -0.4 is 0 Å². The van der Waals surface area contributed by atoms with Crippen molar-refractivity contribution in [1.82, 2.24) is 4.98 Å². The smallest absolute Gasteiger partial charge is 0.182 e. The minimum Gasteiger partial charge on any atom is -0.359 e. The molecule has 0 aliphatic heterocycles. The molecule has 0 atom stereocenters. The van der Waals surface area contributed by atoms with Crippen molar-refractivity contribution in [2.45, 2.75) is 39.5 Å². The summed E-state index contributed by atoms with van der Waals surface area (Å²) in [6.07, 6.45) is 5.98. The first-order valence-corrected chi connectivity index (χ1v) is 5.47. The molecule has 0 aromatic carbocycles. The Hall–Kier alpha value is -1.05. The Morgan fingerprint density at radius 1 is 1.36 bits per heavy atom. The van der Waals surface area contributed by atoms with Gasteiger partial charge in [0.15, 0.2) is 5.78 Å². The lowest BCUT2D eigenvalue weighted by molar-refractivity contribution is 0.0900. The zero-order valence-corrected chi connectivity index (χ0v) is 9.05. The zero-order valence-electron chi connectivity index (χ0n) is 9.05. The van der Waals surface area contributed by atoms with Crippen LogP contribution in [0.15, 0.2) is 18.3 Å². The second-order valence-corrected chi connectivity index (χ2v) is 3.72. The standard InChI is InChI=1S/C12H19NO/c1-3-6-10(7-4-2)12(14)11-8-5-9-13-11/h5,8-10,13H,3-4,6-7H2,1-2H3. The number of rotatable bonds is 6. The third kappa shape index (κ3) is 2.72. The van der Waals surface area contributed by atoms with E-state index in [1.165, 1.54) is 0 Å². The molecule has 0 amide bonds. The van der Waals surface area contributed by atoms with Gasteiger partial charge in [0.2, 0.25) is 0 Å². The van der Waals surface area contributed by atoms with Crippen LogP contribution in [0.5, 0.6) is 0 Å². The van der Waals surface area contributed by atoms with Gasteiger partial charge in [-0.25, -0.2) is 0 Å². The van der Waals surface area contributed by atoms with Crippen molar-refractivity contribution in [2.24, 2.45) is 5.92 Å². The summed E-state index contributed by atoms with van der Waals surface area (Å²) in [5.41, 5.74) is 0.761. The monoisotopic (exact) mass is 193 g/mol. The first kappa shape index (κ1) is 11.0. The summed E-state index contributed by atoms with van der Waals surface area (Å²) in [6, 6.07) is 3.74. The predicted octanol–water partition coefficient (Wildman–Crippen LogP) is 3.41. The molecule has 0 aliphatic carbocycles. The van der Waals surface area contributed by atoms with Crippen LogP contribution in [0.25, 0.3) is 0 Å². The summed E-state index contributed by atoms with van der Waals surface area (Å²) < 4.78 is 0. The number of aromatic amines is 1. The summed E-state index contributed by atoms with van der Waals surface area (Å²) >= 11 is 0. The topological polar surface area (TPSA) is 32.9 Å². The molecule has 0 saturated carbocycles. The summed E-state index contributed by atoms with van der Waals surface area (Å²) in [4.78, 5) is 14.9. The molecule has 0 aliphatic rings. The van der Waals surface area contributed by atoms with Gasteiger partial charge in [-0.15, -0.1) is 0 Å². The van der Waals surface area contributed by atoms with E-state index in [0.29, 0.717) is 0 Å². The molecule has 0 fully saturated rings. The van der Waals surface area contributed by atoms with Gasteiger partial charge < -0.3 is 4.98 Å². The van der Waals surface area contributed by atoms with Gasteiger partial charge in [0.25, 0.3) is 0 Å². The van der Waals surface area contributed by atoms with Gasteiger partial charge in [-0.1, -0.05) is 26.7 Å². The molecule has 78 valence electrons. The predicted molar refractivity (Wildman–Crippen MR) is 58.4 cm³/mol. The van der Waals surface area contributed by atoms with E-state index >= 15 is 0 Å². The Kier molecular flexibility index (Phi) is 4.44. The molecule has 2 nitrogen and oxygen atoms in total. The van der Waals surface area contributed by atoms with Crippen molar-refractivity contribution in [3.05, 3.63) is 24.0 Å². The van der Waals surface area contributed by atoms with Crippen molar-refractivity contribution in [3.8, 4) is 0 Å². The Balaban J connectivity index is 2.63. The maximum Gasteiger partial charge on any atom is 0.182 e. The van der Waals surface area contributed by atoms with Gasteiger partial charge in [-0.2, -0.15) is 0 Å². The fourth-order valence-corrected chi connectivity index (χ4v) is 1.81. The van der Waals surface area contributed by atoms with E-state index in [1.807, 2.05) is 18.3 Å². The number of hydrogen-bond acceptors (Lipinski definition) is 1. The molecule has 14 heavy (non-hydrogen) atoms. The lowest BCUT2D eigenvalue weighted by Crippen LogP contribution is -2.14. The zero-order chi connectivity index (χ0) is 10.4. The molecule has 1 aromatic heterocycles. The van der Waals surface area contributed by atoms with Crippen molar-refractivity contribution >= 4 is 5.78 Å². The first-order chi connectivity index (χ1) is 6.79. The number of ketones is 1. The second-order valence-electron chi connectivity index (χ2n) is 3.72. The molecule has 1 heterocycles. The van der Waals surface area contributed by atoms with Gasteiger partial charge in [0, 0.05) is 12.1 Å². The van der Waals surface area contributed by atoms with E-state index in [9.17, 15) is 4.79 Å². The fraction of sp³-hybridized carbons (Fsp3) is 0.583. The molecule has 0 bridgehead atoms. The van der Waals surface area contributed by atoms with Crippen LogP contribution in [0.4, 0.5) is 0 Å². The number of Topliss-reactive ketones (excluding diaryl/α,β-unsaturated/α-hetero) is 1. The van der Waals surface area contributed by atoms with Crippen molar-refractivity contribution in [2.75, 3.05) is 0 Å². The molecule has 1 aromatic rings. The first-order valence-electron chi connectivity index (χ1n) is 5.47. The van der Waals surface area contributed by atoms with Gasteiger partial charge >= 0.3 is 0 Å². The minimum absolute atomic E-state index is 0.212. The number of carbonyl (C=O) groups excluding carboxylic acids is 1. The number of aromatic nitrogens is 1. The van der Waals surface area contributed by atoms with Crippen molar-refractivity contribution < 1.29 is 4.79 Å². The van der Waals surface area contributed by atoms with Crippen LogP contribution in [-0.2, 0) is 0 Å². The largest absolute Gasteiger partial charge is 0.359 e. The second kappa shape index (κ2) is 5.63. The third-order valence-electron chi connectivity index (χ3n) is 2.51. The highest BCUT2D eigenvalue weighted by Crippen LogP contribution is 2.18. The number of nitrogens with one attached hydrogen (secondary N) is 1. The third-order valence-corrected chi connectivity index (χ3v) is 2.51. The fourth-order valence-electron chi connectivity index (χ4n) is 1.81. The Labute approximate surface area is 85.7 Å². The SMILES string of the molecule is CCCC(CCC)C(=O)c1ccc[nH]1. The highest BCUT2D eigenvalue weighted by Gasteiger charge is 2.18. The number of carbonyl (C=O) groups is 1. The highest BCUT2D eigenvalue weighted by molar-refractivity contribution is 5.96. The van der Waals surface area contributed by atoms with E-state index in [0.717, 1.165) is 31.4 Å². The van der Waals surface area contributed by atoms with Gasteiger partial charge in [-0.05, 0) is 25.0 Å². The van der Waals surface area contributed by atoms with E-state index < -0.39 is 0 Å². The molecule has 1 rings (SSSR count). The van der Waals surface area contributed by atoms with Crippen LogP contribution >= 0.6 is 0 Å².